The average molecular weight is 330 g/mol. The topological polar surface area (TPSA) is 97.8 Å². The third kappa shape index (κ3) is 3.72. The van der Waals surface area contributed by atoms with E-state index in [1.54, 1.807) is 30.7 Å². The van der Waals surface area contributed by atoms with Crippen LogP contribution in [0, 0.1) is 0 Å². The molecule has 7 nitrogen and oxygen atoms in total. The number of nitrogens with zero attached hydrogens (tertiary/aromatic N) is 3. The molecule has 3 aromatic heterocycles. The zero-order chi connectivity index (χ0) is 16.3. The van der Waals surface area contributed by atoms with Gasteiger partial charge in [-0.3, -0.25) is 15.1 Å². The second-order valence-corrected chi connectivity index (χ2v) is 6.95. The van der Waals surface area contributed by atoms with Crippen LogP contribution in [0.5, 0.6) is 5.75 Å². The van der Waals surface area contributed by atoms with E-state index in [1.807, 2.05) is 12.1 Å². The first-order valence-corrected chi connectivity index (χ1v) is 8.64. The largest absolute Gasteiger partial charge is 0.487 e. The molecule has 8 heteroatoms. The summed E-state index contributed by atoms with van der Waals surface area (Å²) in [5.41, 5.74) is 2.25. The highest BCUT2D eigenvalue weighted by molar-refractivity contribution is 7.90. The van der Waals surface area contributed by atoms with Crippen molar-refractivity contribution in [1.82, 2.24) is 20.2 Å². The van der Waals surface area contributed by atoms with E-state index in [0.29, 0.717) is 11.3 Å². The second-order valence-electron chi connectivity index (χ2n) is 4.94. The fourth-order valence-corrected chi connectivity index (χ4v) is 2.55. The smallest absolute Gasteiger partial charge is 0.177 e. The number of aromatic nitrogens is 4. The average Bonchev–Trinajstić information content (AvgIpc) is 3.07. The molecule has 1 N–H and O–H groups in total. The Bertz CT molecular complexity index is 891. The van der Waals surface area contributed by atoms with Gasteiger partial charge in [0.2, 0.25) is 0 Å². The predicted molar refractivity (Wildman–Crippen MR) is 83.5 cm³/mol. The Morgan fingerprint density at radius 1 is 1.17 bits per heavy atom. The van der Waals surface area contributed by atoms with Crippen LogP contribution in [-0.2, 0) is 16.4 Å². The predicted octanol–water partition coefficient (Wildman–Crippen LogP) is 1.85. The molecular weight excluding hydrogens is 316 g/mol. The van der Waals surface area contributed by atoms with Crippen molar-refractivity contribution in [3.63, 3.8) is 0 Å². The van der Waals surface area contributed by atoms with Crippen LogP contribution in [0.2, 0.25) is 0 Å². The summed E-state index contributed by atoms with van der Waals surface area (Å²) in [5, 5.41) is 6.71. The van der Waals surface area contributed by atoms with Crippen LogP contribution in [0.25, 0.3) is 11.4 Å². The normalized spacial score (nSPS) is 11.3. The first-order valence-electron chi connectivity index (χ1n) is 6.75. The molecule has 0 saturated carbocycles. The number of nitrogens with one attached hydrogen (secondary N) is 1. The Kier molecular flexibility index (Phi) is 4.07. The Morgan fingerprint density at radius 2 is 2.04 bits per heavy atom. The summed E-state index contributed by atoms with van der Waals surface area (Å²) in [6.45, 7) is 0.210. The zero-order valence-corrected chi connectivity index (χ0v) is 13.1. The highest BCUT2D eigenvalue weighted by Gasteiger charge is 2.08. The van der Waals surface area contributed by atoms with Crippen molar-refractivity contribution < 1.29 is 13.2 Å². The first-order chi connectivity index (χ1) is 11.0. The van der Waals surface area contributed by atoms with E-state index in [1.165, 1.54) is 6.20 Å². The fraction of sp³-hybridized carbons (Fsp3) is 0.133. The van der Waals surface area contributed by atoms with Gasteiger partial charge in [0.15, 0.2) is 9.84 Å². The molecule has 0 saturated heterocycles. The molecule has 0 aromatic carbocycles. The molecular formula is C15H14N4O3S. The molecule has 0 bridgehead atoms. The molecule has 0 amide bonds. The number of hydrogen-bond acceptors (Lipinski definition) is 6. The minimum absolute atomic E-state index is 0.173. The lowest BCUT2D eigenvalue weighted by Gasteiger charge is -2.07. The van der Waals surface area contributed by atoms with Crippen LogP contribution in [0.15, 0.2) is 53.9 Å². The van der Waals surface area contributed by atoms with Gasteiger partial charge in [0.05, 0.1) is 22.5 Å². The molecule has 0 aliphatic heterocycles. The van der Waals surface area contributed by atoms with Crippen LogP contribution in [0.3, 0.4) is 0 Å². The maximum Gasteiger partial charge on any atom is 0.177 e. The summed E-state index contributed by atoms with van der Waals surface area (Å²) in [4.78, 5) is 8.38. The number of rotatable bonds is 5. The Labute approximate surface area is 133 Å². The third-order valence-corrected chi connectivity index (χ3v) is 4.20. The van der Waals surface area contributed by atoms with Crippen LogP contribution in [0.4, 0.5) is 0 Å². The Morgan fingerprint density at radius 3 is 2.70 bits per heavy atom. The van der Waals surface area contributed by atoms with Gasteiger partial charge in [0, 0.05) is 30.4 Å². The molecule has 3 aromatic rings. The monoisotopic (exact) mass is 330 g/mol. The zero-order valence-electron chi connectivity index (χ0n) is 12.3. The van der Waals surface area contributed by atoms with Crippen LogP contribution in [-0.4, -0.2) is 34.8 Å². The van der Waals surface area contributed by atoms with Gasteiger partial charge in [-0.1, -0.05) is 0 Å². The van der Waals surface area contributed by atoms with E-state index in [2.05, 4.69) is 20.2 Å². The lowest BCUT2D eigenvalue weighted by atomic mass is 10.3. The maximum atomic E-state index is 11.5. The Balaban J connectivity index is 1.69. The minimum atomic E-state index is -3.28. The van der Waals surface area contributed by atoms with Crippen molar-refractivity contribution in [2.45, 2.75) is 11.5 Å². The number of sulfone groups is 1. The summed E-state index contributed by atoms with van der Waals surface area (Å²) in [5.74, 6) is 0.582. The third-order valence-electron chi connectivity index (χ3n) is 3.12. The van der Waals surface area contributed by atoms with Crippen molar-refractivity contribution >= 4 is 9.84 Å². The van der Waals surface area contributed by atoms with Gasteiger partial charge in [-0.25, -0.2) is 8.42 Å². The molecule has 0 radical (unpaired) electrons. The molecule has 23 heavy (non-hydrogen) atoms. The number of aromatic amines is 1. The van der Waals surface area contributed by atoms with Crippen molar-refractivity contribution in [3.8, 4) is 17.1 Å². The number of pyridine rings is 2. The molecule has 0 spiro atoms. The summed E-state index contributed by atoms with van der Waals surface area (Å²) in [6, 6.07) is 6.98. The van der Waals surface area contributed by atoms with Gasteiger partial charge >= 0.3 is 0 Å². The summed E-state index contributed by atoms with van der Waals surface area (Å²) < 4.78 is 28.6. The van der Waals surface area contributed by atoms with Crippen LogP contribution in [0.1, 0.15) is 5.56 Å². The molecule has 118 valence electrons. The van der Waals surface area contributed by atoms with Crippen molar-refractivity contribution in [3.05, 3.63) is 54.6 Å². The van der Waals surface area contributed by atoms with Gasteiger partial charge in [-0.05, 0) is 24.3 Å². The quantitative estimate of drug-likeness (QED) is 0.766. The highest BCUT2D eigenvalue weighted by Crippen LogP contribution is 2.18. The van der Waals surface area contributed by atoms with E-state index in [4.69, 9.17) is 4.74 Å². The van der Waals surface area contributed by atoms with E-state index in [-0.39, 0.29) is 11.5 Å². The Hall–Kier alpha value is -2.74. The molecule has 3 rings (SSSR count). The van der Waals surface area contributed by atoms with E-state index in [0.717, 1.165) is 17.6 Å². The van der Waals surface area contributed by atoms with Crippen LogP contribution >= 0.6 is 0 Å². The van der Waals surface area contributed by atoms with Gasteiger partial charge in [-0.2, -0.15) is 5.10 Å². The first kappa shape index (κ1) is 15.2. The van der Waals surface area contributed by atoms with Crippen molar-refractivity contribution in [1.29, 1.82) is 0 Å². The summed E-state index contributed by atoms with van der Waals surface area (Å²) in [6.07, 6.45) is 7.29. The van der Waals surface area contributed by atoms with Gasteiger partial charge in [0.1, 0.15) is 12.4 Å². The van der Waals surface area contributed by atoms with E-state index < -0.39 is 9.84 Å². The standard InChI is InChI=1S/C15H14N4O3S/c1-23(20,21)13-6-11(7-16-9-13)10-22-12-2-3-14(17-8-12)15-4-5-18-19-15/h2-9H,10H2,1H3,(H,18,19). The summed E-state index contributed by atoms with van der Waals surface area (Å²) in [7, 11) is -3.28. The fourth-order valence-electron chi connectivity index (χ4n) is 1.94. The van der Waals surface area contributed by atoms with E-state index in [9.17, 15) is 8.42 Å². The van der Waals surface area contributed by atoms with Crippen molar-refractivity contribution in [2.24, 2.45) is 0 Å². The lowest BCUT2D eigenvalue weighted by Crippen LogP contribution is -2.02. The van der Waals surface area contributed by atoms with E-state index >= 15 is 0 Å². The van der Waals surface area contributed by atoms with Gasteiger partial charge in [-0.15, -0.1) is 0 Å². The number of H-pyrrole nitrogens is 1. The molecule has 0 unspecified atom stereocenters. The molecule has 3 heterocycles. The maximum absolute atomic E-state index is 11.5. The number of hydrogen-bond donors (Lipinski definition) is 1. The number of ether oxygens (including phenoxy) is 1. The second kappa shape index (κ2) is 6.17. The summed E-state index contributed by atoms with van der Waals surface area (Å²) >= 11 is 0. The molecule has 0 fully saturated rings. The highest BCUT2D eigenvalue weighted by atomic mass is 32.2. The van der Waals surface area contributed by atoms with Gasteiger partial charge < -0.3 is 4.74 Å². The SMILES string of the molecule is CS(=O)(=O)c1cncc(COc2ccc(-c3ccn[nH]3)nc2)c1. The van der Waals surface area contributed by atoms with Gasteiger partial charge in [0.25, 0.3) is 0 Å². The van der Waals surface area contributed by atoms with Crippen LogP contribution < -0.4 is 4.74 Å². The minimum Gasteiger partial charge on any atom is -0.487 e. The van der Waals surface area contributed by atoms with Crippen molar-refractivity contribution in [2.75, 3.05) is 6.26 Å². The lowest BCUT2D eigenvalue weighted by molar-refractivity contribution is 0.304. The molecule has 0 aliphatic rings. The molecule has 0 atom stereocenters. The molecule has 0 aliphatic carbocycles.